The number of rotatable bonds is 5. The summed E-state index contributed by atoms with van der Waals surface area (Å²) in [5.41, 5.74) is 0.0545. The third-order valence-electron chi connectivity index (χ3n) is 4.66. The number of amides is 1. The molecule has 4 rings (SSSR count). The van der Waals surface area contributed by atoms with Gasteiger partial charge in [0, 0.05) is 36.7 Å². The fourth-order valence-electron chi connectivity index (χ4n) is 3.38. The number of carbonyl (C=O) groups excluding carboxylic acids is 1. The van der Waals surface area contributed by atoms with Crippen LogP contribution in [0.2, 0.25) is 0 Å². The molecule has 1 fully saturated rings. The molecule has 1 aliphatic heterocycles. The molecule has 8 nitrogen and oxygen atoms in total. The van der Waals surface area contributed by atoms with E-state index in [9.17, 15) is 19.3 Å². The number of anilines is 1. The predicted octanol–water partition coefficient (Wildman–Crippen LogP) is 3.79. The fourth-order valence-corrected chi connectivity index (χ4v) is 3.38. The molecule has 1 saturated carbocycles. The lowest BCUT2D eigenvalue weighted by atomic mass is 10.2. The van der Waals surface area contributed by atoms with Gasteiger partial charge in [0.1, 0.15) is 5.82 Å². The molecule has 0 saturated heterocycles. The van der Waals surface area contributed by atoms with Crippen molar-refractivity contribution in [3.8, 4) is 17.2 Å². The zero-order valence-electron chi connectivity index (χ0n) is 14.8. The second-order valence-electron chi connectivity index (χ2n) is 6.69. The Morgan fingerprint density at radius 2 is 1.93 bits per heavy atom. The van der Waals surface area contributed by atoms with E-state index in [1.54, 1.807) is 18.2 Å². The largest absolute Gasteiger partial charge is 0.477 e. The van der Waals surface area contributed by atoms with Crippen LogP contribution < -0.4 is 19.5 Å². The van der Waals surface area contributed by atoms with Crippen molar-refractivity contribution in [3.05, 3.63) is 52.3 Å². The van der Waals surface area contributed by atoms with E-state index >= 15 is 0 Å². The van der Waals surface area contributed by atoms with E-state index in [2.05, 4.69) is 5.32 Å². The monoisotopic (exact) mass is 388 g/mol. The maximum atomic E-state index is 13.3. The average Bonchev–Trinajstić information content (AvgIpc) is 3.25. The number of nitrogens with one attached hydrogen (secondary N) is 1. The summed E-state index contributed by atoms with van der Waals surface area (Å²) in [5, 5.41) is 13.6. The number of nitro benzene ring substituents is 1. The van der Waals surface area contributed by atoms with Gasteiger partial charge in [-0.1, -0.05) is 0 Å². The maximum absolute atomic E-state index is 13.3. The Morgan fingerprint density at radius 3 is 2.68 bits per heavy atom. The topological polar surface area (TPSA) is 99.9 Å². The standard InChI is InChI=1S/C19H17FN2O6/c20-12-3-5-14(22(24)25)16(9-12)26-11-18(23)21-13-4-6-15-17(10-13)28-19(27-15)7-1-2-8-19/h3-6,9-10H,1-2,7-8,11H2,(H,21,23). The maximum Gasteiger partial charge on any atom is 0.311 e. The molecule has 0 radical (unpaired) electrons. The van der Waals surface area contributed by atoms with E-state index in [1.807, 2.05) is 0 Å². The Bertz CT molecular complexity index is 942. The second-order valence-corrected chi connectivity index (χ2v) is 6.69. The number of hydrogen-bond donors (Lipinski definition) is 1. The highest BCUT2D eigenvalue weighted by atomic mass is 19.1. The highest BCUT2D eigenvalue weighted by Gasteiger charge is 2.44. The first-order valence-corrected chi connectivity index (χ1v) is 8.83. The Balaban J connectivity index is 1.39. The lowest BCUT2D eigenvalue weighted by Gasteiger charge is -2.21. The van der Waals surface area contributed by atoms with Crippen molar-refractivity contribution in [1.82, 2.24) is 0 Å². The molecule has 2 aromatic carbocycles. The molecule has 2 aliphatic rings. The molecule has 28 heavy (non-hydrogen) atoms. The Hall–Kier alpha value is -3.36. The van der Waals surface area contributed by atoms with Gasteiger partial charge in [0.2, 0.25) is 5.75 Å². The molecule has 9 heteroatoms. The van der Waals surface area contributed by atoms with Crippen LogP contribution in [0.15, 0.2) is 36.4 Å². The van der Waals surface area contributed by atoms with Crippen molar-refractivity contribution >= 4 is 17.3 Å². The molecule has 0 aromatic heterocycles. The van der Waals surface area contributed by atoms with Crippen molar-refractivity contribution < 1.29 is 28.3 Å². The lowest BCUT2D eigenvalue weighted by Crippen LogP contribution is -2.34. The van der Waals surface area contributed by atoms with Gasteiger partial charge in [0.05, 0.1) is 4.92 Å². The quantitative estimate of drug-likeness (QED) is 0.618. The van der Waals surface area contributed by atoms with E-state index in [1.165, 1.54) is 0 Å². The van der Waals surface area contributed by atoms with E-state index in [0.29, 0.717) is 17.2 Å². The highest BCUT2D eigenvalue weighted by molar-refractivity contribution is 5.92. The number of nitro groups is 1. The molecule has 1 N–H and O–H groups in total. The number of fused-ring (bicyclic) bond motifs is 1. The van der Waals surface area contributed by atoms with Gasteiger partial charge < -0.3 is 19.5 Å². The molecule has 2 aromatic rings. The number of halogens is 1. The van der Waals surface area contributed by atoms with E-state index < -0.39 is 34.7 Å². The number of nitrogens with zero attached hydrogens (tertiary/aromatic N) is 1. The van der Waals surface area contributed by atoms with Crippen LogP contribution in [-0.2, 0) is 4.79 Å². The van der Waals surface area contributed by atoms with Crippen molar-refractivity contribution in [1.29, 1.82) is 0 Å². The van der Waals surface area contributed by atoms with Gasteiger partial charge in [-0.25, -0.2) is 4.39 Å². The minimum absolute atomic E-state index is 0.311. The molecule has 1 heterocycles. The molecule has 0 atom stereocenters. The van der Waals surface area contributed by atoms with Crippen LogP contribution in [0.3, 0.4) is 0 Å². The number of benzene rings is 2. The molecular weight excluding hydrogens is 371 g/mol. The molecular formula is C19H17FN2O6. The first-order valence-electron chi connectivity index (χ1n) is 8.83. The Labute approximate surface area is 159 Å². The van der Waals surface area contributed by atoms with Crippen molar-refractivity contribution in [2.24, 2.45) is 0 Å². The average molecular weight is 388 g/mol. The normalized spacial score (nSPS) is 16.2. The summed E-state index contributed by atoms with van der Waals surface area (Å²) in [7, 11) is 0. The molecule has 1 spiro atoms. The third-order valence-corrected chi connectivity index (χ3v) is 4.66. The Kier molecular flexibility index (Phi) is 4.50. The van der Waals surface area contributed by atoms with Crippen LogP contribution in [0, 0.1) is 15.9 Å². The summed E-state index contributed by atoms with van der Waals surface area (Å²) in [6, 6.07) is 7.85. The van der Waals surface area contributed by atoms with Crippen LogP contribution >= 0.6 is 0 Å². The SMILES string of the molecule is O=C(COc1cc(F)ccc1[N+](=O)[O-])Nc1ccc2c(c1)OC1(CCCC1)O2. The highest BCUT2D eigenvalue weighted by Crippen LogP contribution is 2.47. The van der Waals surface area contributed by atoms with E-state index in [0.717, 1.165) is 43.9 Å². The van der Waals surface area contributed by atoms with Crippen molar-refractivity contribution in [3.63, 3.8) is 0 Å². The lowest BCUT2D eigenvalue weighted by molar-refractivity contribution is -0.385. The van der Waals surface area contributed by atoms with Crippen LogP contribution in [-0.4, -0.2) is 23.2 Å². The Morgan fingerprint density at radius 1 is 1.18 bits per heavy atom. The van der Waals surface area contributed by atoms with E-state index in [4.69, 9.17) is 14.2 Å². The van der Waals surface area contributed by atoms with Crippen molar-refractivity contribution in [2.45, 2.75) is 31.5 Å². The smallest absolute Gasteiger partial charge is 0.311 e. The summed E-state index contributed by atoms with van der Waals surface area (Å²) in [5.74, 6) is -0.961. The molecule has 0 unspecified atom stereocenters. The van der Waals surface area contributed by atoms with Crippen molar-refractivity contribution in [2.75, 3.05) is 11.9 Å². The zero-order chi connectivity index (χ0) is 19.7. The number of hydrogen-bond acceptors (Lipinski definition) is 6. The summed E-state index contributed by atoms with van der Waals surface area (Å²) in [4.78, 5) is 22.4. The summed E-state index contributed by atoms with van der Waals surface area (Å²) in [6.07, 6.45) is 3.73. The van der Waals surface area contributed by atoms with E-state index in [-0.39, 0.29) is 5.75 Å². The van der Waals surface area contributed by atoms with Gasteiger partial charge in [-0.2, -0.15) is 0 Å². The fraction of sp³-hybridized carbons (Fsp3) is 0.316. The van der Waals surface area contributed by atoms with Gasteiger partial charge in [-0.05, 0) is 31.0 Å². The zero-order valence-corrected chi connectivity index (χ0v) is 14.8. The predicted molar refractivity (Wildman–Crippen MR) is 96.1 cm³/mol. The summed E-state index contributed by atoms with van der Waals surface area (Å²) < 4.78 is 30.3. The molecule has 1 amide bonds. The third kappa shape index (κ3) is 3.55. The minimum atomic E-state index is -0.705. The molecule has 1 aliphatic carbocycles. The number of ether oxygens (including phenoxy) is 3. The molecule has 146 valence electrons. The van der Waals surface area contributed by atoms with Crippen LogP contribution in [0.5, 0.6) is 17.2 Å². The van der Waals surface area contributed by atoms with Crippen LogP contribution in [0.4, 0.5) is 15.8 Å². The first kappa shape index (κ1) is 18.0. The van der Waals surface area contributed by atoms with Gasteiger partial charge >= 0.3 is 5.69 Å². The molecule has 0 bridgehead atoms. The minimum Gasteiger partial charge on any atom is -0.477 e. The van der Waals surface area contributed by atoms with Gasteiger partial charge in [-0.15, -0.1) is 0 Å². The van der Waals surface area contributed by atoms with Gasteiger partial charge in [0.25, 0.3) is 11.7 Å². The first-order chi connectivity index (χ1) is 13.4. The summed E-state index contributed by atoms with van der Waals surface area (Å²) in [6.45, 7) is -0.511. The summed E-state index contributed by atoms with van der Waals surface area (Å²) >= 11 is 0. The van der Waals surface area contributed by atoms with Crippen LogP contribution in [0.25, 0.3) is 0 Å². The van der Waals surface area contributed by atoms with Gasteiger partial charge in [-0.3, -0.25) is 14.9 Å². The second kappa shape index (κ2) is 6.99. The van der Waals surface area contributed by atoms with Crippen LogP contribution in [0.1, 0.15) is 25.7 Å². The number of carbonyl (C=O) groups is 1. The van der Waals surface area contributed by atoms with Gasteiger partial charge in [0.15, 0.2) is 18.1 Å².